The number of carbonyl (C=O) groups is 3. The number of ether oxygens (including phenoxy) is 1. The van der Waals surface area contributed by atoms with Crippen LogP contribution in [0.15, 0.2) is 60.8 Å². The Balaban J connectivity index is 1.51. The lowest BCUT2D eigenvalue weighted by Crippen LogP contribution is -2.48. The van der Waals surface area contributed by atoms with Gasteiger partial charge < -0.3 is 20.3 Å². The second-order valence-corrected chi connectivity index (χ2v) is 9.99. The number of amides is 2. The molecule has 0 saturated carbocycles. The highest BCUT2D eigenvalue weighted by atomic mass is 16.5. The predicted octanol–water partition coefficient (Wildman–Crippen LogP) is 2.76. The van der Waals surface area contributed by atoms with Crippen LogP contribution < -0.4 is 15.5 Å². The van der Waals surface area contributed by atoms with Crippen LogP contribution in [0.2, 0.25) is 0 Å². The molecule has 1 aliphatic heterocycles. The highest BCUT2D eigenvalue weighted by Crippen LogP contribution is 2.27. The summed E-state index contributed by atoms with van der Waals surface area (Å²) in [5.74, 6) is -0.709. The number of likely N-dealkylation sites (N-methyl/N-ethyl adjacent to an activating group) is 2. The minimum absolute atomic E-state index is 0.0379. The summed E-state index contributed by atoms with van der Waals surface area (Å²) >= 11 is 0. The zero-order valence-corrected chi connectivity index (χ0v) is 24.1. The molecular formula is C31H38N6O4. The Morgan fingerprint density at radius 2 is 1.73 bits per heavy atom. The Kier molecular flexibility index (Phi) is 10.0. The third-order valence-electron chi connectivity index (χ3n) is 7.16. The number of nitrogens with one attached hydrogen (secondary N) is 2. The molecule has 10 nitrogen and oxygen atoms in total. The number of aromatic nitrogens is 1. The van der Waals surface area contributed by atoms with E-state index in [-0.39, 0.29) is 24.9 Å². The van der Waals surface area contributed by atoms with Gasteiger partial charge in [-0.15, -0.1) is 0 Å². The molecule has 4 rings (SSSR count). The first-order valence-electron chi connectivity index (χ1n) is 13.8. The van der Waals surface area contributed by atoms with E-state index >= 15 is 0 Å². The number of anilines is 1. The minimum Gasteiger partial charge on any atom is -0.465 e. The molecule has 0 bridgehead atoms. The first kappa shape index (κ1) is 29.7. The second-order valence-electron chi connectivity index (χ2n) is 9.99. The van der Waals surface area contributed by atoms with Crippen molar-refractivity contribution in [3.05, 3.63) is 83.0 Å². The van der Waals surface area contributed by atoms with E-state index in [4.69, 9.17) is 4.74 Å². The summed E-state index contributed by atoms with van der Waals surface area (Å²) in [5, 5.41) is 9.80. The highest BCUT2D eigenvalue weighted by Gasteiger charge is 2.27. The molecule has 0 atom stereocenters. The van der Waals surface area contributed by atoms with Crippen molar-refractivity contribution in [3.63, 3.8) is 0 Å². The number of nitrogens with zero attached hydrogens (tertiary/aromatic N) is 4. The third-order valence-corrected chi connectivity index (χ3v) is 7.16. The van der Waals surface area contributed by atoms with Gasteiger partial charge in [-0.2, -0.15) is 0 Å². The first-order valence-corrected chi connectivity index (χ1v) is 13.8. The summed E-state index contributed by atoms with van der Waals surface area (Å²) in [6.07, 6.45) is 1.49. The van der Waals surface area contributed by atoms with E-state index in [0.29, 0.717) is 37.4 Å². The molecule has 10 heteroatoms. The largest absolute Gasteiger partial charge is 0.465 e. The highest BCUT2D eigenvalue weighted by molar-refractivity contribution is 5.89. The van der Waals surface area contributed by atoms with Crippen LogP contribution in [-0.2, 0) is 27.4 Å². The van der Waals surface area contributed by atoms with Crippen LogP contribution in [0, 0.1) is 6.92 Å². The van der Waals surface area contributed by atoms with Crippen LogP contribution in [0.5, 0.6) is 0 Å². The van der Waals surface area contributed by atoms with Crippen molar-refractivity contribution in [1.29, 1.82) is 0 Å². The molecule has 0 unspecified atom stereocenters. The fourth-order valence-electron chi connectivity index (χ4n) is 4.85. The van der Waals surface area contributed by atoms with Gasteiger partial charge in [0, 0.05) is 50.7 Å². The molecule has 0 radical (unpaired) electrons. The molecule has 2 N–H and O–H groups in total. The van der Waals surface area contributed by atoms with Crippen LogP contribution in [0.3, 0.4) is 0 Å². The Labute approximate surface area is 241 Å². The lowest BCUT2D eigenvalue weighted by atomic mass is 10.0. The Hall–Kier alpha value is -4.28. The number of hydrazine groups is 1. The number of carbonyl (C=O) groups excluding carboxylic acids is 3. The monoisotopic (exact) mass is 558 g/mol. The van der Waals surface area contributed by atoms with Gasteiger partial charge in [0.15, 0.2) is 0 Å². The van der Waals surface area contributed by atoms with Crippen LogP contribution in [0.1, 0.15) is 34.0 Å². The number of methoxy groups -OCH3 is 1. The number of benzene rings is 2. The van der Waals surface area contributed by atoms with E-state index < -0.39 is 5.97 Å². The molecule has 1 aliphatic rings. The standard InChI is InChI=1S/C31H38N6O4/c1-5-32-14-15-33-29(38)20-36(21-30(39)35(3)37-18-25-8-6-7-9-26(25)19-37)28-13-11-23(16-22(28)2)27-12-10-24(17-34-27)31(40)41-4/h6-13,16-17,32H,5,14-15,18-21H2,1-4H3,(H,33,38). The average Bonchev–Trinajstić information content (AvgIpc) is 3.42. The second kappa shape index (κ2) is 13.9. The van der Waals surface area contributed by atoms with Crippen LogP contribution >= 0.6 is 0 Å². The molecule has 2 heterocycles. The topological polar surface area (TPSA) is 107 Å². The van der Waals surface area contributed by atoms with Crippen LogP contribution in [0.4, 0.5) is 5.69 Å². The van der Waals surface area contributed by atoms with Crippen LogP contribution in [-0.4, -0.2) is 79.7 Å². The van der Waals surface area contributed by atoms with Gasteiger partial charge in [0.1, 0.15) is 0 Å². The molecule has 2 amide bonds. The zero-order chi connectivity index (χ0) is 29.4. The van der Waals surface area contributed by atoms with E-state index in [0.717, 1.165) is 23.4 Å². The molecule has 2 aromatic carbocycles. The Morgan fingerprint density at radius 3 is 2.34 bits per heavy atom. The molecule has 0 spiro atoms. The fraction of sp³-hybridized carbons (Fsp3) is 0.355. The van der Waals surface area contributed by atoms with Gasteiger partial charge in [0.25, 0.3) is 5.91 Å². The molecular weight excluding hydrogens is 520 g/mol. The van der Waals surface area contributed by atoms with Crippen molar-refractivity contribution in [2.24, 2.45) is 0 Å². The van der Waals surface area contributed by atoms with E-state index in [2.05, 4.69) is 27.8 Å². The predicted molar refractivity (Wildman–Crippen MR) is 158 cm³/mol. The maximum atomic E-state index is 13.5. The number of fused-ring (bicyclic) bond motifs is 1. The van der Waals surface area contributed by atoms with Gasteiger partial charge in [-0.1, -0.05) is 37.3 Å². The van der Waals surface area contributed by atoms with E-state index in [9.17, 15) is 14.4 Å². The maximum Gasteiger partial charge on any atom is 0.339 e. The van der Waals surface area contributed by atoms with Crippen molar-refractivity contribution in [3.8, 4) is 11.3 Å². The minimum atomic E-state index is -0.442. The molecule has 1 aromatic heterocycles. The van der Waals surface area contributed by atoms with Gasteiger partial charge >= 0.3 is 5.97 Å². The van der Waals surface area contributed by atoms with E-state index in [1.807, 2.05) is 54.1 Å². The molecule has 0 fully saturated rings. The lowest BCUT2D eigenvalue weighted by molar-refractivity contribution is -0.145. The number of aryl methyl sites for hydroxylation is 1. The van der Waals surface area contributed by atoms with Gasteiger partial charge in [-0.05, 0) is 54.4 Å². The number of esters is 1. The third kappa shape index (κ3) is 7.47. The first-order chi connectivity index (χ1) is 19.8. The van der Waals surface area contributed by atoms with Gasteiger partial charge in [-0.3, -0.25) is 19.6 Å². The van der Waals surface area contributed by atoms with E-state index in [1.54, 1.807) is 24.2 Å². The van der Waals surface area contributed by atoms with Crippen molar-refractivity contribution in [1.82, 2.24) is 25.6 Å². The summed E-state index contributed by atoms with van der Waals surface area (Å²) < 4.78 is 4.75. The summed E-state index contributed by atoms with van der Waals surface area (Å²) in [5.41, 5.74) is 6.03. The quantitative estimate of drug-likeness (QED) is 0.258. The summed E-state index contributed by atoms with van der Waals surface area (Å²) in [6.45, 7) is 7.38. The van der Waals surface area contributed by atoms with Crippen molar-refractivity contribution in [2.45, 2.75) is 26.9 Å². The SMILES string of the molecule is CCNCCNC(=O)CN(CC(=O)N(C)N1Cc2ccccc2C1)c1ccc(-c2ccc(C(=O)OC)cn2)cc1C. The van der Waals surface area contributed by atoms with Gasteiger partial charge in [-0.25, -0.2) is 9.80 Å². The summed E-state index contributed by atoms with van der Waals surface area (Å²) in [7, 11) is 3.11. The van der Waals surface area contributed by atoms with Crippen molar-refractivity contribution >= 4 is 23.5 Å². The Morgan fingerprint density at radius 1 is 1.00 bits per heavy atom. The molecule has 0 saturated heterocycles. The smallest absolute Gasteiger partial charge is 0.339 e. The van der Waals surface area contributed by atoms with Gasteiger partial charge in [0.2, 0.25) is 5.91 Å². The zero-order valence-electron chi connectivity index (χ0n) is 24.1. The fourth-order valence-corrected chi connectivity index (χ4v) is 4.85. The average molecular weight is 559 g/mol. The van der Waals surface area contributed by atoms with Crippen molar-refractivity contribution < 1.29 is 19.1 Å². The lowest BCUT2D eigenvalue weighted by Gasteiger charge is -2.32. The molecule has 0 aliphatic carbocycles. The summed E-state index contributed by atoms with van der Waals surface area (Å²) in [4.78, 5) is 44.4. The number of hydrogen-bond acceptors (Lipinski definition) is 8. The number of rotatable bonds is 12. The summed E-state index contributed by atoms with van der Waals surface area (Å²) in [6, 6.07) is 17.4. The van der Waals surface area contributed by atoms with E-state index in [1.165, 1.54) is 24.4 Å². The normalized spacial score (nSPS) is 12.5. The molecule has 216 valence electrons. The Bertz CT molecular complexity index is 1350. The number of hydrogen-bond donors (Lipinski definition) is 2. The van der Waals surface area contributed by atoms with Crippen molar-refractivity contribution in [2.75, 3.05) is 51.8 Å². The molecule has 3 aromatic rings. The number of pyridine rings is 1. The van der Waals surface area contributed by atoms with Gasteiger partial charge in [0.05, 0.1) is 31.5 Å². The maximum absolute atomic E-state index is 13.5. The molecule has 41 heavy (non-hydrogen) atoms. The van der Waals surface area contributed by atoms with Crippen LogP contribution in [0.25, 0.3) is 11.3 Å².